The number of hydrogen-bond acceptors (Lipinski definition) is 2. The summed E-state index contributed by atoms with van der Waals surface area (Å²) in [4.78, 5) is 15.1. The number of ether oxygens (including phenoxy) is 1. The van der Waals surface area contributed by atoms with E-state index in [1.807, 2.05) is 68.4 Å². The van der Waals surface area contributed by atoms with E-state index in [-0.39, 0.29) is 5.91 Å². The Hall–Kier alpha value is -3.04. The van der Waals surface area contributed by atoms with Crippen LogP contribution in [0, 0.1) is 0 Å². The molecular formula is C25H24ClNO2. The first-order chi connectivity index (χ1) is 14.1. The van der Waals surface area contributed by atoms with Gasteiger partial charge in [-0.3, -0.25) is 4.79 Å². The number of halogens is 1. The highest BCUT2D eigenvalue weighted by Crippen LogP contribution is 2.23. The molecule has 0 aliphatic carbocycles. The molecule has 0 spiro atoms. The van der Waals surface area contributed by atoms with Crippen molar-refractivity contribution in [2.45, 2.75) is 13.8 Å². The first kappa shape index (κ1) is 20.7. The molecule has 0 aliphatic rings. The van der Waals surface area contributed by atoms with E-state index < -0.39 is 0 Å². The molecule has 0 aromatic heterocycles. The molecular weight excluding hydrogens is 382 g/mol. The van der Waals surface area contributed by atoms with Crippen LogP contribution in [0.4, 0.5) is 5.69 Å². The SMILES string of the molecule is CCOc1ccc(N(C/C(C)=C/c2ccccc2)C(=O)c2ccc(Cl)cc2)cc1. The van der Waals surface area contributed by atoms with Gasteiger partial charge in [0, 0.05) is 22.8 Å². The molecule has 0 atom stereocenters. The first-order valence-corrected chi connectivity index (χ1v) is 9.97. The Morgan fingerprint density at radius 2 is 1.62 bits per heavy atom. The van der Waals surface area contributed by atoms with Crippen molar-refractivity contribution in [3.63, 3.8) is 0 Å². The van der Waals surface area contributed by atoms with Gasteiger partial charge in [0.05, 0.1) is 6.61 Å². The monoisotopic (exact) mass is 405 g/mol. The quantitative estimate of drug-likeness (QED) is 0.449. The van der Waals surface area contributed by atoms with E-state index in [0.717, 1.165) is 22.6 Å². The zero-order valence-corrected chi connectivity index (χ0v) is 17.4. The molecule has 1 amide bonds. The van der Waals surface area contributed by atoms with Gasteiger partial charge >= 0.3 is 0 Å². The summed E-state index contributed by atoms with van der Waals surface area (Å²) in [5.41, 5.74) is 3.59. The number of anilines is 1. The van der Waals surface area contributed by atoms with Crippen molar-refractivity contribution >= 4 is 29.3 Å². The van der Waals surface area contributed by atoms with Gasteiger partial charge in [0.15, 0.2) is 0 Å². The second-order valence-corrected chi connectivity index (χ2v) is 7.16. The van der Waals surface area contributed by atoms with E-state index in [0.29, 0.717) is 23.7 Å². The van der Waals surface area contributed by atoms with Crippen LogP contribution < -0.4 is 9.64 Å². The summed E-state index contributed by atoms with van der Waals surface area (Å²) >= 11 is 5.99. The third-order valence-corrected chi connectivity index (χ3v) is 4.67. The average Bonchev–Trinajstić information content (AvgIpc) is 2.74. The third kappa shape index (κ3) is 5.72. The minimum Gasteiger partial charge on any atom is -0.494 e. The van der Waals surface area contributed by atoms with Crippen molar-refractivity contribution in [1.82, 2.24) is 0 Å². The Morgan fingerprint density at radius 1 is 0.966 bits per heavy atom. The lowest BCUT2D eigenvalue weighted by Crippen LogP contribution is -2.32. The van der Waals surface area contributed by atoms with Gasteiger partial charge in [-0.15, -0.1) is 0 Å². The van der Waals surface area contributed by atoms with Crippen LogP contribution in [0.1, 0.15) is 29.8 Å². The molecule has 0 aliphatic heterocycles. The van der Waals surface area contributed by atoms with E-state index in [1.165, 1.54) is 0 Å². The minimum atomic E-state index is -0.0772. The lowest BCUT2D eigenvalue weighted by molar-refractivity contribution is 0.0989. The molecule has 148 valence electrons. The van der Waals surface area contributed by atoms with Crippen molar-refractivity contribution in [1.29, 1.82) is 0 Å². The Labute approximate surface area is 177 Å². The average molecular weight is 406 g/mol. The molecule has 3 rings (SSSR count). The number of carbonyl (C=O) groups is 1. The second kappa shape index (κ2) is 9.94. The number of rotatable bonds is 7. The van der Waals surface area contributed by atoms with E-state index in [9.17, 15) is 4.79 Å². The lowest BCUT2D eigenvalue weighted by Gasteiger charge is -2.24. The molecule has 3 nitrogen and oxygen atoms in total. The van der Waals surface area contributed by atoms with Crippen molar-refractivity contribution in [2.24, 2.45) is 0 Å². The summed E-state index contributed by atoms with van der Waals surface area (Å²) in [5.74, 6) is 0.707. The Bertz CT molecular complexity index is 964. The first-order valence-electron chi connectivity index (χ1n) is 9.59. The number of hydrogen-bond donors (Lipinski definition) is 0. The molecule has 0 unspecified atom stereocenters. The van der Waals surface area contributed by atoms with Gasteiger partial charge in [-0.2, -0.15) is 0 Å². The Kier molecular flexibility index (Phi) is 7.09. The largest absolute Gasteiger partial charge is 0.494 e. The highest BCUT2D eigenvalue weighted by atomic mass is 35.5. The van der Waals surface area contributed by atoms with Crippen molar-refractivity contribution < 1.29 is 9.53 Å². The van der Waals surface area contributed by atoms with Crippen molar-refractivity contribution in [3.8, 4) is 5.75 Å². The summed E-state index contributed by atoms with van der Waals surface area (Å²) in [6, 6.07) is 24.7. The van der Waals surface area contributed by atoms with Crippen molar-refractivity contribution in [3.05, 3.63) is 101 Å². The molecule has 0 saturated heterocycles. The summed E-state index contributed by atoms with van der Waals surface area (Å²) in [6.45, 7) is 5.06. The van der Waals surface area contributed by atoms with Crippen LogP contribution in [0.25, 0.3) is 6.08 Å². The third-order valence-electron chi connectivity index (χ3n) is 4.42. The van der Waals surface area contributed by atoms with Crippen LogP contribution >= 0.6 is 11.6 Å². The predicted molar refractivity (Wildman–Crippen MR) is 121 cm³/mol. The second-order valence-electron chi connectivity index (χ2n) is 6.73. The zero-order valence-electron chi connectivity index (χ0n) is 16.6. The lowest BCUT2D eigenvalue weighted by atomic mass is 10.1. The molecule has 0 radical (unpaired) electrons. The van der Waals surface area contributed by atoms with Crippen LogP contribution in [0.5, 0.6) is 5.75 Å². The molecule has 0 heterocycles. The van der Waals surface area contributed by atoms with Crippen LogP contribution in [-0.2, 0) is 0 Å². The smallest absolute Gasteiger partial charge is 0.258 e. The highest BCUT2D eigenvalue weighted by molar-refractivity contribution is 6.30. The maximum Gasteiger partial charge on any atom is 0.258 e. The molecule has 3 aromatic carbocycles. The molecule has 0 N–H and O–H groups in total. The van der Waals surface area contributed by atoms with Gasteiger partial charge in [0.2, 0.25) is 0 Å². The fraction of sp³-hybridized carbons (Fsp3) is 0.160. The summed E-state index contributed by atoms with van der Waals surface area (Å²) in [5, 5.41) is 0.606. The van der Waals surface area contributed by atoms with Crippen LogP contribution in [-0.4, -0.2) is 19.1 Å². The van der Waals surface area contributed by atoms with Gasteiger partial charge in [0.1, 0.15) is 5.75 Å². The Morgan fingerprint density at radius 3 is 2.24 bits per heavy atom. The minimum absolute atomic E-state index is 0.0772. The molecule has 0 saturated carbocycles. The topological polar surface area (TPSA) is 29.5 Å². The van der Waals surface area contributed by atoms with Crippen LogP contribution in [0.3, 0.4) is 0 Å². The normalized spacial score (nSPS) is 11.2. The summed E-state index contributed by atoms with van der Waals surface area (Å²) in [6.07, 6.45) is 2.09. The summed E-state index contributed by atoms with van der Waals surface area (Å²) < 4.78 is 5.53. The number of amides is 1. The molecule has 29 heavy (non-hydrogen) atoms. The number of benzene rings is 3. The van der Waals surface area contributed by atoms with Gasteiger partial charge in [-0.1, -0.05) is 53.6 Å². The fourth-order valence-corrected chi connectivity index (χ4v) is 3.17. The van der Waals surface area contributed by atoms with Gasteiger partial charge < -0.3 is 9.64 Å². The number of nitrogens with zero attached hydrogens (tertiary/aromatic N) is 1. The van der Waals surface area contributed by atoms with Gasteiger partial charge in [0.25, 0.3) is 5.91 Å². The van der Waals surface area contributed by atoms with Crippen LogP contribution in [0.2, 0.25) is 5.02 Å². The van der Waals surface area contributed by atoms with E-state index in [2.05, 4.69) is 6.08 Å². The molecule has 0 fully saturated rings. The molecule has 3 aromatic rings. The zero-order chi connectivity index (χ0) is 20.6. The standard InChI is InChI=1S/C25H24ClNO2/c1-3-29-24-15-13-23(14-16-24)27(25(28)21-9-11-22(26)12-10-21)18-19(2)17-20-7-5-4-6-8-20/h4-17H,3,18H2,1-2H3/b19-17+. The van der Waals surface area contributed by atoms with E-state index in [1.54, 1.807) is 29.2 Å². The van der Waals surface area contributed by atoms with Crippen molar-refractivity contribution in [2.75, 3.05) is 18.1 Å². The fourth-order valence-electron chi connectivity index (χ4n) is 3.05. The van der Waals surface area contributed by atoms with E-state index in [4.69, 9.17) is 16.3 Å². The van der Waals surface area contributed by atoms with E-state index >= 15 is 0 Å². The highest BCUT2D eigenvalue weighted by Gasteiger charge is 2.18. The number of carbonyl (C=O) groups excluding carboxylic acids is 1. The maximum atomic E-state index is 13.3. The Balaban J connectivity index is 1.91. The molecule has 0 bridgehead atoms. The van der Waals surface area contributed by atoms with Gasteiger partial charge in [-0.05, 0) is 67.9 Å². The van der Waals surface area contributed by atoms with Crippen LogP contribution in [0.15, 0.2) is 84.4 Å². The maximum absolute atomic E-state index is 13.3. The molecule has 4 heteroatoms. The summed E-state index contributed by atoms with van der Waals surface area (Å²) in [7, 11) is 0. The predicted octanol–water partition coefficient (Wildman–Crippen LogP) is 6.49. The van der Waals surface area contributed by atoms with Gasteiger partial charge in [-0.25, -0.2) is 0 Å².